The second-order valence-electron chi connectivity index (χ2n) is 4.96. The summed E-state index contributed by atoms with van der Waals surface area (Å²) in [6.45, 7) is 0. The number of halogens is 1. The van der Waals surface area contributed by atoms with Gasteiger partial charge >= 0.3 is 5.97 Å². The highest BCUT2D eigenvalue weighted by molar-refractivity contribution is 7.89. The largest absolute Gasteiger partial charge is 0.480 e. The number of hydrogen-bond donors (Lipinski definition) is 2. The third-order valence-corrected chi connectivity index (χ3v) is 4.72. The van der Waals surface area contributed by atoms with Crippen molar-refractivity contribution < 1.29 is 22.7 Å². The number of carboxylic acids is 1. The molecule has 0 aliphatic carbocycles. The van der Waals surface area contributed by atoms with Gasteiger partial charge in [0.25, 0.3) is 0 Å². The van der Waals surface area contributed by atoms with Crippen molar-refractivity contribution >= 4 is 16.0 Å². The minimum atomic E-state index is -4.25. The average molecular weight is 348 g/mol. The first-order valence-electron chi connectivity index (χ1n) is 6.82. The average Bonchev–Trinajstić information content (AvgIpc) is 2.55. The fourth-order valence-electron chi connectivity index (χ4n) is 2.04. The van der Waals surface area contributed by atoms with Gasteiger partial charge in [0, 0.05) is 0 Å². The van der Waals surface area contributed by atoms with Gasteiger partial charge in [0.1, 0.15) is 17.9 Å². The topological polar surface area (TPSA) is 107 Å². The van der Waals surface area contributed by atoms with Crippen molar-refractivity contribution in [1.82, 2.24) is 4.72 Å². The lowest BCUT2D eigenvalue weighted by atomic mass is 10.1. The van der Waals surface area contributed by atoms with Gasteiger partial charge in [0.15, 0.2) is 0 Å². The summed E-state index contributed by atoms with van der Waals surface area (Å²) in [5, 5.41) is 17.9. The van der Waals surface area contributed by atoms with Crippen LogP contribution in [0.2, 0.25) is 0 Å². The van der Waals surface area contributed by atoms with Crippen molar-refractivity contribution in [3.05, 3.63) is 65.5 Å². The van der Waals surface area contributed by atoms with E-state index in [1.165, 1.54) is 0 Å². The van der Waals surface area contributed by atoms with Crippen LogP contribution >= 0.6 is 0 Å². The van der Waals surface area contributed by atoms with Gasteiger partial charge in [0.2, 0.25) is 10.0 Å². The summed E-state index contributed by atoms with van der Waals surface area (Å²) in [6, 6.07) is 11.4. The number of sulfonamides is 1. The highest BCUT2D eigenvalue weighted by Crippen LogP contribution is 2.15. The maximum atomic E-state index is 13.6. The van der Waals surface area contributed by atoms with E-state index in [1.54, 1.807) is 36.4 Å². The van der Waals surface area contributed by atoms with Crippen LogP contribution in [0.25, 0.3) is 0 Å². The fraction of sp³-hybridized carbons (Fsp3) is 0.125. The number of rotatable bonds is 6. The number of carboxylic acid groups (broad SMARTS) is 1. The summed E-state index contributed by atoms with van der Waals surface area (Å²) in [5.41, 5.74) is 0.339. The molecule has 0 heterocycles. The predicted octanol–water partition coefficient (Wildman–Crippen LogP) is 1.67. The highest BCUT2D eigenvalue weighted by Gasteiger charge is 2.26. The molecule has 0 aliphatic heterocycles. The van der Waals surface area contributed by atoms with Crippen molar-refractivity contribution in [2.75, 3.05) is 0 Å². The molecule has 0 fully saturated rings. The van der Waals surface area contributed by atoms with Gasteiger partial charge in [-0.25, -0.2) is 12.8 Å². The Bertz CT molecular complexity index is 892. The molecule has 2 rings (SSSR count). The molecule has 2 N–H and O–H groups in total. The lowest BCUT2D eigenvalue weighted by molar-refractivity contribution is -0.138. The number of benzene rings is 2. The first-order chi connectivity index (χ1) is 11.3. The summed E-state index contributed by atoms with van der Waals surface area (Å²) in [5.74, 6) is -2.34. The van der Waals surface area contributed by atoms with E-state index < -0.39 is 32.7 Å². The van der Waals surface area contributed by atoms with Crippen molar-refractivity contribution in [3.63, 3.8) is 0 Å². The second kappa shape index (κ2) is 7.21. The number of hydrogen-bond acceptors (Lipinski definition) is 4. The van der Waals surface area contributed by atoms with Crippen LogP contribution in [0.5, 0.6) is 0 Å². The Morgan fingerprint density at radius 2 is 1.92 bits per heavy atom. The van der Waals surface area contributed by atoms with Crippen molar-refractivity contribution in [1.29, 1.82) is 5.26 Å². The highest BCUT2D eigenvalue weighted by atomic mass is 32.2. The van der Waals surface area contributed by atoms with Crippen LogP contribution in [0.15, 0.2) is 53.4 Å². The Kier molecular flexibility index (Phi) is 5.28. The molecule has 0 amide bonds. The van der Waals surface area contributed by atoms with Gasteiger partial charge in [0.05, 0.1) is 10.5 Å². The van der Waals surface area contributed by atoms with Gasteiger partial charge in [-0.3, -0.25) is 4.79 Å². The SMILES string of the molecule is N#Cc1ccc(S(=O)(=O)N[C@H](Cc2ccccc2)C(=O)O)cc1F. The summed E-state index contributed by atoms with van der Waals surface area (Å²) in [6.07, 6.45) is -0.0613. The first kappa shape index (κ1) is 17.6. The molecule has 0 bridgehead atoms. The smallest absolute Gasteiger partial charge is 0.322 e. The number of nitriles is 1. The van der Waals surface area contributed by atoms with E-state index in [2.05, 4.69) is 0 Å². The maximum absolute atomic E-state index is 13.6. The molecule has 2 aromatic rings. The van der Waals surface area contributed by atoms with Crippen LogP contribution in [-0.4, -0.2) is 25.5 Å². The van der Waals surface area contributed by atoms with Crippen LogP contribution in [0, 0.1) is 17.1 Å². The van der Waals surface area contributed by atoms with Crippen molar-refractivity contribution in [3.8, 4) is 6.07 Å². The zero-order valence-electron chi connectivity index (χ0n) is 12.3. The zero-order chi connectivity index (χ0) is 17.7. The molecule has 0 saturated carbocycles. The molecule has 0 spiro atoms. The molecule has 0 aliphatic rings. The van der Waals surface area contributed by atoms with Crippen LogP contribution < -0.4 is 4.72 Å². The quantitative estimate of drug-likeness (QED) is 0.826. The monoisotopic (exact) mass is 348 g/mol. The van der Waals surface area contributed by atoms with Crippen LogP contribution in [0.3, 0.4) is 0 Å². The van der Waals surface area contributed by atoms with Crippen LogP contribution in [-0.2, 0) is 21.2 Å². The minimum absolute atomic E-state index is 0.0613. The van der Waals surface area contributed by atoms with Crippen molar-refractivity contribution in [2.24, 2.45) is 0 Å². The minimum Gasteiger partial charge on any atom is -0.480 e. The molecule has 0 saturated heterocycles. The Hall–Kier alpha value is -2.76. The molecule has 0 unspecified atom stereocenters. The molecular formula is C16H13FN2O4S. The Morgan fingerprint density at radius 1 is 1.25 bits per heavy atom. The van der Waals surface area contributed by atoms with Gasteiger partial charge < -0.3 is 5.11 Å². The number of nitrogens with one attached hydrogen (secondary N) is 1. The fourth-order valence-corrected chi connectivity index (χ4v) is 3.24. The standard InChI is InChI=1S/C16H13FN2O4S/c17-14-9-13(7-6-12(14)10-18)24(22,23)19-15(16(20)21)8-11-4-2-1-3-5-11/h1-7,9,15,19H,8H2,(H,20,21)/t15-/m1/s1. The summed E-state index contributed by atoms with van der Waals surface area (Å²) < 4.78 is 40.2. The Labute approximate surface area is 138 Å². The number of carbonyl (C=O) groups is 1. The normalized spacial score (nSPS) is 12.3. The van der Waals surface area contributed by atoms with Crippen LogP contribution in [0.1, 0.15) is 11.1 Å². The molecule has 1 atom stereocenters. The summed E-state index contributed by atoms with van der Waals surface area (Å²) in [4.78, 5) is 10.9. The molecule has 8 heteroatoms. The van der Waals surface area contributed by atoms with Gasteiger partial charge in [-0.1, -0.05) is 30.3 Å². The molecule has 0 radical (unpaired) electrons. The number of aliphatic carboxylic acids is 1. The molecular weight excluding hydrogens is 335 g/mol. The van der Waals surface area contributed by atoms with E-state index in [-0.39, 0.29) is 12.0 Å². The molecule has 6 nitrogen and oxygen atoms in total. The predicted molar refractivity (Wildman–Crippen MR) is 83.0 cm³/mol. The van der Waals surface area contributed by atoms with E-state index in [0.29, 0.717) is 11.6 Å². The third kappa shape index (κ3) is 4.16. The molecule has 0 aromatic heterocycles. The van der Waals surface area contributed by atoms with E-state index in [4.69, 9.17) is 5.26 Å². The maximum Gasteiger partial charge on any atom is 0.322 e. The van der Waals surface area contributed by atoms with Crippen LogP contribution in [0.4, 0.5) is 4.39 Å². The molecule has 2 aromatic carbocycles. The van der Waals surface area contributed by atoms with Gasteiger partial charge in [-0.15, -0.1) is 0 Å². The van der Waals surface area contributed by atoms with E-state index >= 15 is 0 Å². The number of nitrogens with zero attached hydrogens (tertiary/aromatic N) is 1. The van der Waals surface area contributed by atoms with E-state index in [1.807, 2.05) is 4.72 Å². The Morgan fingerprint density at radius 3 is 2.46 bits per heavy atom. The summed E-state index contributed by atoms with van der Waals surface area (Å²) in [7, 11) is -4.25. The molecule has 24 heavy (non-hydrogen) atoms. The third-order valence-electron chi connectivity index (χ3n) is 3.25. The zero-order valence-corrected chi connectivity index (χ0v) is 13.1. The summed E-state index contributed by atoms with van der Waals surface area (Å²) >= 11 is 0. The van der Waals surface area contributed by atoms with Crippen molar-refractivity contribution in [2.45, 2.75) is 17.4 Å². The Balaban J connectivity index is 2.26. The van der Waals surface area contributed by atoms with Gasteiger partial charge in [-0.2, -0.15) is 9.98 Å². The first-order valence-corrected chi connectivity index (χ1v) is 8.30. The van der Waals surface area contributed by atoms with E-state index in [0.717, 1.165) is 12.1 Å². The van der Waals surface area contributed by atoms with Gasteiger partial charge in [-0.05, 0) is 30.2 Å². The van der Waals surface area contributed by atoms with E-state index in [9.17, 15) is 22.7 Å². The lowest BCUT2D eigenvalue weighted by Crippen LogP contribution is -2.42. The molecule has 124 valence electrons. The lowest BCUT2D eigenvalue weighted by Gasteiger charge is -2.15. The second-order valence-corrected chi connectivity index (χ2v) is 6.67.